The van der Waals surface area contributed by atoms with Gasteiger partial charge < -0.3 is 10.3 Å². The molecule has 1 aromatic carbocycles. The van der Waals surface area contributed by atoms with Gasteiger partial charge in [0.2, 0.25) is 0 Å². The Morgan fingerprint density at radius 2 is 1.93 bits per heavy atom. The molecule has 0 unspecified atom stereocenters. The van der Waals surface area contributed by atoms with Gasteiger partial charge in [-0.2, -0.15) is 0 Å². The van der Waals surface area contributed by atoms with Crippen molar-refractivity contribution in [3.8, 4) is 5.75 Å². The smallest absolute Gasteiger partial charge is 0.128 e. The second kappa shape index (κ2) is 3.70. The molecule has 0 aliphatic rings. The number of oxime groups is 1. The van der Waals surface area contributed by atoms with E-state index in [1.807, 2.05) is 32.9 Å². The molecule has 0 amide bonds. The van der Waals surface area contributed by atoms with E-state index in [2.05, 4.69) is 5.16 Å². The predicted octanol–water partition coefficient (Wildman–Crippen LogP) is 2.50. The molecule has 0 saturated carbocycles. The Kier molecular flexibility index (Phi) is 2.79. The van der Waals surface area contributed by atoms with Gasteiger partial charge in [-0.1, -0.05) is 38.1 Å². The van der Waals surface area contributed by atoms with Gasteiger partial charge in [-0.25, -0.2) is 0 Å². The van der Waals surface area contributed by atoms with Crippen LogP contribution < -0.4 is 0 Å². The Hall–Kier alpha value is -1.51. The van der Waals surface area contributed by atoms with E-state index in [1.54, 1.807) is 6.07 Å². The Labute approximate surface area is 83.7 Å². The normalized spacial score (nSPS) is 12.2. The van der Waals surface area contributed by atoms with Crippen molar-refractivity contribution in [1.82, 2.24) is 0 Å². The molecule has 1 rings (SSSR count). The van der Waals surface area contributed by atoms with Gasteiger partial charge >= 0.3 is 0 Å². The summed E-state index contributed by atoms with van der Waals surface area (Å²) in [5.74, 6) is 0.179. The monoisotopic (exact) mass is 193 g/mol. The van der Waals surface area contributed by atoms with Crippen molar-refractivity contribution in [1.29, 1.82) is 0 Å². The van der Waals surface area contributed by atoms with Gasteiger partial charge in [0.1, 0.15) is 5.75 Å². The van der Waals surface area contributed by atoms with Crippen molar-refractivity contribution in [3.63, 3.8) is 0 Å². The van der Waals surface area contributed by atoms with Gasteiger partial charge in [0.15, 0.2) is 0 Å². The molecule has 1 aromatic rings. The van der Waals surface area contributed by atoms with E-state index in [0.29, 0.717) is 5.56 Å². The van der Waals surface area contributed by atoms with Crippen LogP contribution in [0.4, 0.5) is 0 Å². The van der Waals surface area contributed by atoms with Crippen molar-refractivity contribution in [3.05, 3.63) is 29.3 Å². The third kappa shape index (κ3) is 2.05. The number of hydrogen-bond acceptors (Lipinski definition) is 3. The van der Waals surface area contributed by atoms with E-state index in [-0.39, 0.29) is 11.2 Å². The maximum Gasteiger partial charge on any atom is 0.128 e. The minimum absolute atomic E-state index is 0.122. The van der Waals surface area contributed by atoms with Crippen molar-refractivity contribution >= 4 is 6.21 Å². The van der Waals surface area contributed by atoms with Crippen LogP contribution in [-0.2, 0) is 5.41 Å². The summed E-state index contributed by atoms with van der Waals surface area (Å²) < 4.78 is 0. The highest BCUT2D eigenvalue weighted by molar-refractivity contribution is 5.83. The van der Waals surface area contributed by atoms with Crippen molar-refractivity contribution in [2.75, 3.05) is 0 Å². The molecular formula is C11H15NO2. The Bertz CT molecular complexity index is 351. The maximum atomic E-state index is 9.85. The largest absolute Gasteiger partial charge is 0.507 e. The van der Waals surface area contributed by atoms with Gasteiger partial charge in [0.25, 0.3) is 0 Å². The molecule has 0 aliphatic heterocycles. The van der Waals surface area contributed by atoms with E-state index in [9.17, 15) is 5.11 Å². The van der Waals surface area contributed by atoms with Crippen LogP contribution in [0.3, 0.4) is 0 Å². The fraction of sp³-hybridized carbons (Fsp3) is 0.364. The number of para-hydroxylation sites is 1. The number of phenols is 1. The average Bonchev–Trinajstić information content (AvgIpc) is 2.07. The van der Waals surface area contributed by atoms with Crippen molar-refractivity contribution in [2.24, 2.45) is 5.16 Å². The second-order valence-electron chi connectivity index (χ2n) is 4.24. The first-order chi connectivity index (χ1) is 6.46. The van der Waals surface area contributed by atoms with E-state index in [4.69, 9.17) is 5.21 Å². The van der Waals surface area contributed by atoms with Crippen LogP contribution in [0.5, 0.6) is 5.75 Å². The van der Waals surface area contributed by atoms with E-state index < -0.39 is 0 Å². The second-order valence-corrected chi connectivity index (χ2v) is 4.24. The topological polar surface area (TPSA) is 52.8 Å². The lowest BCUT2D eigenvalue weighted by atomic mass is 9.85. The zero-order chi connectivity index (χ0) is 10.8. The zero-order valence-corrected chi connectivity index (χ0v) is 8.65. The van der Waals surface area contributed by atoms with Crippen LogP contribution >= 0.6 is 0 Å². The lowest BCUT2D eigenvalue weighted by Crippen LogP contribution is -2.11. The molecular weight excluding hydrogens is 178 g/mol. The third-order valence-corrected chi connectivity index (χ3v) is 2.07. The molecule has 2 N–H and O–H groups in total. The Balaban J connectivity index is 3.28. The van der Waals surface area contributed by atoms with Crippen LogP contribution in [0, 0.1) is 0 Å². The van der Waals surface area contributed by atoms with Crippen LogP contribution in [-0.4, -0.2) is 16.5 Å². The lowest BCUT2D eigenvalue weighted by Gasteiger charge is -2.20. The summed E-state index contributed by atoms with van der Waals surface area (Å²) in [7, 11) is 0. The summed E-state index contributed by atoms with van der Waals surface area (Å²) in [6.07, 6.45) is 1.23. The predicted molar refractivity (Wildman–Crippen MR) is 56.2 cm³/mol. The number of aromatic hydroxyl groups is 1. The van der Waals surface area contributed by atoms with Gasteiger partial charge in [-0.15, -0.1) is 0 Å². The summed E-state index contributed by atoms with van der Waals surface area (Å²) in [6.45, 7) is 6.05. The molecule has 3 nitrogen and oxygen atoms in total. The van der Waals surface area contributed by atoms with Crippen LogP contribution in [0.15, 0.2) is 23.4 Å². The molecule has 3 heteroatoms. The van der Waals surface area contributed by atoms with Gasteiger partial charge in [0, 0.05) is 5.56 Å². The van der Waals surface area contributed by atoms with Crippen LogP contribution in [0.25, 0.3) is 0 Å². The van der Waals surface area contributed by atoms with Crippen LogP contribution in [0.1, 0.15) is 31.9 Å². The van der Waals surface area contributed by atoms with E-state index in [1.165, 1.54) is 6.21 Å². The van der Waals surface area contributed by atoms with E-state index >= 15 is 0 Å². The first-order valence-corrected chi connectivity index (χ1v) is 4.46. The molecule has 0 aliphatic carbocycles. The molecule has 0 fully saturated rings. The van der Waals surface area contributed by atoms with Gasteiger partial charge in [0.05, 0.1) is 6.21 Å². The molecule has 0 bridgehead atoms. The highest BCUT2D eigenvalue weighted by atomic mass is 16.4. The number of phenolic OH excluding ortho intramolecular Hbond substituents is 1. The van der Waals surface area contributed by atoms with E-state index in [0.717, 1.165) is 5.56 Å². The Morgan fingerprint density at radius 3 is 2.43 bits per heavy atom. The summed E-state index contributed by atoms with van der Waals surface area (Å²) >= 11 is 0. The van der Waals surface area contributed by atoms with Crippen LogP contribution in [0.2, 0.25) is 0 Å². The van der Waals surface area contributed by atoms with Gasteiger partial charge in [-0.05, 0) is 17.0 Å². The zero-order valence-electron chi connectivity index (χ0n) is 8.65. The maximum absolute atomic E-state index is 9.85. The number of nitrogens with zero attached hydrogens (tertiary/aromatic N) is 1. The molecule has 0 saturated heterocycles. The first-order valence-electron chi connectivity index (χ1n) is 4.46. The number of benzene rings is 1. The van der Waals surface area contributed by atoms with Crippen molar-refractivity contribution < 1.29 is 10.3 Å². The summed E-state index contributed by atoms with van der Waals surface area (Å²) in [5.41, 5.74) is 1.25. The fourth-order valence-electron chi connectivity index (χ4n) is 1.33. The summed E-state index contributed by atoms with van der Waals surface area (Å²) in [4.78, 5) is 0. The minimum atomic E-state index is -0.122. The fourth-order valence-corrected chi connectivity index (χ4v) is 1.33. The highest BCUT2D eigenvalue weighted by Gasteiger charge is 2.18. The van der Waals surface area contributed by atoms with Gasteiger partial charge in [-0.3, -0.25) is 0 Å². The quantitative estimate of drug-likeness (QED) is 0.409. The minimum Gasteiger partial charge on any atom is -0.507 e. The molecule has 0 aromatic heterocycles. The SMILES string of the molecule is CC(C)(C)c1cccc(/C=N\O)c1O. The highest BCUT2D eigenvalue weighted by Crippen LogP contribution is 2.32. The Morgan fingerprint density at radius 1 is 1.29 bits per heavy atom. The molecule has 0 atom stereocenters. The molecule has 0 radical (unpaired) electrons. The molecule has 14 heavy (non-hydrogen) atoms. The lowest BCUT2D eigenvalue weighted by molar-refractivity contribution is 0.321. The molecule has 76 valence electrons. The third-order valence-electron chi connectivity index (χ3n) is 2.07. The summed E-state index contributed by atoms with van der Waals surface area (Å²) in [5, 5.41) is 21.2. The first kappa shape index (κ1) is 10.6. The average molecular weight is 193 g/mol. The molecule has 0 heterocycles. The molecule has 0 spiro atoms. The standard InChI is InChI=1S/C11H15NO2/c1-11(2,3)9-6-4-5-8(7-12-14)10(9)13/h4-7,13-14H,1-3H3/b12-7-. The number of hydrogen-bond donors (Lipinski definition) is 2. The summed E-state index contributed by atoms with van der Waals surface area (Å²) in [6, 6.07) is 5.39. The number of rotatable bonds is 1. The van der Waals surface area contributed by atoms with Crippen molar-refractivity contribution in [2.45, 2.75) is 26.2 Å².